The number of ether oxygens (including phenoxy) is 2. The van der Waals surface area contributed by atoms with Crippen molar-refractivity contribution in [3.8, 4) is 11.5 Å². The van der Waals surface area contributed by atoms with E-state index in [0.29, 0.717) is 23.1 Å². The van der Waals surface area contributed by atoms with Gasteiger partial charge in [-0.15, -0.1) is 0 Å². The summed E-state index contributed by atoms with van der Waals surface area (Å²) in [6.45, 7) is 5.45. The lowest BCUT2D eigenvalue weighted by atomic mass is 10.2. The molecule has 0 aliphatic carbocycles. The van der Waals surface area contributed by atoms with Gasteiger partial charge in [0.15, 0.2) is 11.5 Å². The van der Waals surface area contributed by atoms with Crippen molar-refractivity contribution in [2.24, 2.45) is 0 Å². The third-order valence-electron chi connectivity index (χ3n) is 3.14. The molecule has 118 valence electrons. The monoisotopic (exact) mass is 319 g/mol. The zero-order chi connectivity index (χ0) is 15.9. The summed E-state index contributed by atoms with van der Waals surface area (Å²) in [5.41, 5.74) is 2.31. The molecule has 22 heavy (non-hydrogen) atoms. The average molecular weight is 320 g/mol. The third kappa shape index (κ3) is 4.65. The van der Waals surface area contributed by atoms with Crippen LogP contribution in [0.1, 0.15) is 25.0 Å². The van der Waals surface area contributed by atoms with E-state index < -0.39 is 0 Å². The molecule has 0 unspecified atom stereocenters. The van der Waals surface area contributed by atoms with Gasteiger partial charge in [-0.3, -0.25) is 0 Å². The van der Waals surface area contributed by atoms with E-state index in [1.165, 1.54) is 5.56 Å². The Morgan fingerprint density at radius 3 is 2.36 bits per heavy atom. The quantitative estimate of drug-likeness (QED) is 0.819. The van der Waals surface area contributed by atoms with Crippen LogP contribution in [0, 0.1) is 0 Å². The maximum atomic E-state index is 6.32. The normalized spacial score (nSPS) is 10.8. The topological polar surface area (TPSA) is 30.5 Å². The molecule has 1 N–H and O–H groups in total. The molecule has 0 amide bonds. The lowest BCUT2D eigenvalue weighted by molar-refractivity contribution is 0.230. The summed E-state index contributed by atoms with van der Waals surface area (Å²) in [4.78, 5) is 0. The summed E-state index contributed by atoms with van der Waals surface area (Å²) in [6.07, 6.45) is 0.0495. The minimum Gasteiger partial charge on any atom is -0.493 e. The van der Waals surface area contributed by atoms with Crippen LogP contribution in [0.25, 0.3) is 0 Å². The molecule has 2 aromatic carbocycles. The Morgan fingerprint density at radius 1 is 1.05 bits per heavy atom. The third-order valence-corrected chi connectivity index (χ3v) is 3.42. The van der Waals surface area contributed by atoms with Crippen molar-refractivity contribution in [1.29, 1.82) is 0 Å². The second kappa shape index (κ2) is 8.06. The summed E-state index contributed by atoms with van der Waals surface area (Å²) >= 11 is 6.32. The fourth-order valence-corrected chi connectivity index (χ4v) is 2.45. The van der Waals surface area contributed by atoms with Crippen LogP contribution in [0.3, 0.4) is 0 Å². The Kier molecular flexibility index (Phi) is 6.10. The van der Waals surface area contributed by atoms with E-state index in [1.807, 2.05) is 44.2 Å². The summed E-state index contributed by atoms with van der Waals surface area (Å²) < 4.78 is 11.1. The largest absolute Gasteiger partial charge is 0.493 e. The molecule has 2 rings (SSSR count). The molecule has 4 heteroatoms. The number of benzene rings is 2. The molecule has 3 nitrogen and oxygen atoms in total. The molecule has 0 aliphatic rings. The van der Waals surface area contributed by atoms with Gasteiger partial charge in [0, 0.05) is 13.1 Å². The molecular formula is C18H22ClNO2. The number of hydrogen-bond acceptors (Lipinski definition) is 3. The molecule has 0 heterocycles. The van der Waals surface area contributed by atoms with Gasteiger partial charge in [0.2, 0.25) is 0 Å². The van der Waals surface area contributed by atoms with Gasteiger partial charge in [-0.05, 0) is 37.1 Å². The number of hydrogen-bond donors (Lipinski definition) is 1. The van der Waals surface area contributed by atoms with E-state index in [1.54, 1.807) is 7.11 Å². The highest BCUT2D eigenvalue weighted by Crippen LogP contribution is 2.37. The number of methoxy groups -OCH3 is 1. The second-order valence-corrected chi connectivity index (χ2v) is 5.77. The first-order chi connectivity index (χ1) is 10.6. The Balaban J connectivity index is 2.04. The standard InChI is InChI=1S/C18H22ClNO2/c1-13(2)22-18-16(19)9-15(10-17(18)21-3)12-20-11-14-7-5-4-6-8-14/h4-10,13,20H,11-12H2,1-3H3. The smallest absolute Gasteiger partial charge is 0.180 e. The maximum Gasteiger partial charge on any atom is 0.180 e. The summed E-state index contributed by atoms with van der Waals surface area (Å²) in [7, 11) is 1.63. The second-order valence-electron chi connectivity index (χ2n) is 5.36. The van der Waals surface area contributed by atoms with E-state index in [9.17, 15) is 0 Å². The molecule has 0 atom stereocenters. The molecule has 0 saturated carbocycles. The van der Waals surface area contributed by atoms with Gasteiger partial charge in [0.25, 0.3) is 0 Å². The van der Waals surface area contributed by atoms with E-state index in [2.05, 4.69) is 17.4 Å². The highest BCUT2D eigenvalue weighted by Gasteiger charge is 2.13. The average Bonchev–Trinajstić information content (AvgIpc) is 2.50. The van der Waals surface area contributed by atoms with E-state index >= 15 is 0 Å². The molecule has 0 aromatic heterocycles. The Bertz CT molecular complexity index is 600. The number of nitrogens with one attached hydrogen (secondary N) is 1. The predicted molar refractivity (Wildman–Crippen MR) is 90.8 cm³/mol. The first-order valence-electron chi connectivity index (χ1n) is 7.38. The van der Waals surface area contributed by atoms with Crippen LogP contribution < -0.4 is 14.8 Å². The van der Waals surface area contributed by atoms with Crippen molar-refractivity contribution in [3.05, 3.63) is 58.6 Å². The molecule has 0 fully saturated rings. The van der Waals surface area contributed by atoms with Crippen LogP contribution in [0.2, 0.25) is 5.02 Å². The van der Waals surface area contributed by atoms with Crippen molar-refractivity contribution >= 4 is 11.6 Å². The van der Waals surface area contributed by atoms with Gasteiger partial charge >= 0.3 is 0 Å². The molecule has 0 radical (unpaired) electrons. The molecule has 0 spiro atoms. The fraction of sp³-hybridized carbons (Fsp3) is 0.333. The zero-order valence-electron chi connectivity index (χ0n) is 13.2. The first kappa shape index (κ1) is 16.7. The minimum absolute atomic E-state index is 0.0495. The van der Waals surface area contributed by atoms with Gasteiger partial charge in [0.1, 0.15) is 0 Å². The fourth-order valence-electron chi connectivity index (χ4n) is 2.17. The molecule has 0 aliphatic heterocycles. The summed E-state index contributed by atoms with van der Waals surface area (Å²) in [5.74, 6) is 1.27. The van der Waals surface area contributed by atoms with Crippen molar-refractivity contribution < 1.29 is 9.47 Å². The lowest BCUT2D eigenvalue weighted by Gasteiger charge is -2.16. The number of halogens is 1. The van der Waals surface area contributed by atoms with E-state index in [0.717, 1.165) is 12.1 Å². The molecule has 2 aromatic rings. The Hall–Kier alpha value is -1.71. The Morgan fingerprint density at radius 2 is 1.73 bits per heavy atom. The van der Waals surface area contributed by atoms with E-state index in [4.69, 9.17) is 21.1 Å². The van der Waals surface area contributed by atoms with Crippen LogP contribution in [0.4, 0.5) is 0 Å². The predicted octanol–water partition coefficient (Wildman–Crippen LogP) is 4.43. The Labute approximate surface area is 137 Å². The van der Waals surface area contributed by atoms with Crippen LogP contribution in [0.15, 0.2) is 42.5 Å². The van der Waals surface area contributed by atoms with Gasteiger partial charge in [-0.1, -0.05) is 41.9 Å². The lowest BCUT2D eigenvalue weighted by Crippen LogP contribution is -2.13. The number of rotatable bonds is 7. The first-order valence-corrected chi connectivity index (χ1v) is 7.75. The highest BCUT2D eigenvalue weighted by atomic mass is 35.5. The van der Waals surface area contributed by atoms with E-state index in [-0.39, 0.29) is 6.10 Å². The van der Waals surface area contributed by atoms with Crippen molar-refractivity contribution in [2.75, 3.05) is 7.11 Å². The van der Waals surface area contributed by atoms with Crippen LogP contribution in [-0.2, 0) is 13.1 Å². The van der Waals surface area contributed by atoms with Crippen molar-refractivity contribution in [3.63, 3.8) is 0 Å². The van der Waals surface area contributed by atoms with Crippen molar-refractivity contribution in [1.82, 2.24) is 5.32 Å². The highest BCUT2D eigenvalue weighted by molar-refractivity contribution is 6.32. The molecule has 0 bridgehead atoms. The van der Waals surface area contributed by atoms with Crippen LogP contribution in [-0.4, -0.2) is 13.2 Å². The maximum absolute atomic E-state index is 6.32. The van der Waals surface area contributed by atoms with Crippen LogP contribution >= 0.6 is 11.6 Å². The van der Waals surface area contributed by atoms with Gasteiger partial charge in [0.05, 0.1) is 18.2 Å². The van der Waals surface area contributed by atoms with Crippen LogP contribution in [0.5, 0.6) is 11.5 Å². The SMILES string of the molecule is COc1cc(CNCc2ccccc2)cc(Cl)c1OC(C)C. The van der Waals surface area contributed by atoms with Crippen molar-refractivity contribution in [2.45, 2.75) is 33.0 Å². The zero-order valence-corrected chi connectivity index (χ0v) is 14.0. The minimum atomic E-state index is 0.0495. The molecule has 0 saturated heterocycles. The van der Waals surface area contributed by atoms with Gasteiger partial charge < -0.3 is 14.8 Å². The summed E-state index contributed by atoms with van der Waals surface area (Å²) in [6, 6.07) is 14.2. The van der Waals surface area contributed by atoms with Gasteiger partial charge in [-0.25, -0.2) is 0 Å². The molecular weight excluding hydrogens is 298 g/mol. The summed E-state index contributed by atoms with van der Waals surface area (Å²) in [5, 5.41) is 3.98. The van der Waals surface area contributed by atoms with Gasteiger partial charge in [-0.2, -0.15) is 0 Å².